The van der Waals surface area contributed by atoms with Gasteiger partial charge in [-0.1, -0.05) is 18.2 Å². The van der Waals surface area contributed by atoms with Crippen LogP contribution in [0.3, 0.4) is 0 Å². The lowest BCUT2D eigenvalue weighted by molar-refractivity contribution is -0.290. The number of ether oxygens (including phenoxy) is 5. The number of thioether (sulfide) groups is 1. The summed E-state index contributed by atoms with van der Waals surface area (Å²) in [4.78, 5) is 49.1. The van der Waals surface area contributed by atoms with Gasteiger partial charge in [-0.05, 0) is 37.1 Å². The van der Waals surface area contributed by atoms with Gasteiger partial charge in [0.2, 0.25) is 5.91 Å². The highest BCUT2D eigenvalue weighted by atomic mass is 32.2. The molecular weight excluding hydrogens is 454 g/mol. The average Bonchev–Trinajstić information content (AvgIpc) is 2.80. The monoisotopic (exact) mass is 483 g/mol. The van der Waals surface area contributed by atoms with Crippen molar-refractivity contribution in [1.82, 2.24) is 5.32 Å². The van der Waals surface area contributed by atoms with Crippen LogP contribution in [0.2, 0.25) is 0 Å². The predicted octanol–water partition coefficient (Wildman–Crippen LogP) is 2.30. The van der Waals surface area contributed by atoms with Gasteiger partial charge >= 0.3 is 17.2 Å². The lowest BCUT2D eigenvalue weighted by Crippen LogP contribution is -2.65. The Bertz CT molecular complexity index is 850. The van der Waals surface area contributed by atoms with Crippen LogP contribution in [-0.4, -0.2) is 73.8 Å². The number of hydrogen-bond acceptors (Lipinski definition) is 10. The summed E-state index contributed by atoms with van der Waals surface area (Å²) in [5, 5.41) is 2.24. The molecule has 1 N–H and O–H groups in total. The largest absolute Gasteiger partial charge is 0.465 e. The van der Waals surface area contributed by atoms with E-state index in [1.807, 2.05) is 0 Å². The number of carbonyl (C=O) groups excluding carboxylic acids is 4. The van der Waals surface area contributed by atoms with E-state index in [-0.39, 0.29) is 12.8 Å². The molecule has 1 aromatic rings. The van der Waals surface area contributed by atoms with Crippen LogP contribution in [0.1, 0.15) is 37.0 Å². The van der Waals surface area contributed by atoms with E-state index in [1.165, 1.54) is 21.1 Å². The van der Waals surface area contributed by atoms with Crippen LogP contribution in [0.25, 0.3) is 0 Å². The molecule has 5 atom stereocenters. The van der Waals surface area contributed by atoms with E-state index in [0.29, 0.717) is 5.56 Å². The molecule has 0 radical (unpaired) electrons. The molecule has 1 heterocycles. The molecule has 0 saturated carbocycles. The number of amides is 1. The van der Waals surface area contributed by atoms with Crippen molar-refractivity contribution >= 4 is 34.9 Å². The molecule has 0 unspecified atom stereocenters. The molecule has 1 fully saturated rings. The molecule has 0 bridgehead atoms. The van der Waals surface area contributed by atoms with Gasteiger partial charge in [0.1, 0.15) is 12.2 Å². The summed E-state index contributed by atoms with van der Waals surface area (Å²) in [6.07, 6.45) is -1.13. The van der Waals surface area contributed by atoms with E-state index in [9.17, 15) is 19.2 Å². The van der Waals surface area contributed by atoms with Gasteiger partial charge in [-0.15, -0.1) is 0 Å². The van der Waals surface area contributed by atoms with Gasteiger partial charge in [0.05, 0.1) is 31.2 Å². The maximum Gasteiger partial charge on any atom is 0.367 e. The fraction of sp³-hybridized carbons (Fsp3) is 0.545. The van der Waals surface area contributed by atoms with Gasteiger partial charge in [0.25, 0.3) is 5.79 Å². The number of rotatable bonds is 8. The minimum absolute atomic E-state index is 0.0821. The quantitative estimate of drug-likeness (QED) is 0.435. The summed E-state index contributed by atoms with van der Waals surface area (Å²) in [6, 6.07) is 7.44. The second kappa shape index (κ2) is 12.0. The van der Waals surface area contributed by atoms with Gasteiger partial charge in [0, 0.05) is 20.5 Å². The third-order valence-corrected chi connectivity index (χ3v) is 5.53. The summed E-state index contributed by atoms with van der Waals surface area (Å²) in [5.41, 5.74) is 0.297. The normalized spacial score (nSPS) is 25.4. The Labute approximate surface area is 196 Å². The number of nitrogens with one attached hydrogen (secondary N) is 1. The molecule has 2 rings (SSSR count). The second-order valence-electron chi connectivity index (χ2n) is 7.46. The van der Waals surface area contributed by atoms with Gasteiger partial charge in [-0.3, -0.25) is 4.79 Å². The van der Waals surface area contributed by atoms with Crippen LogP contribution in [0, 0.1) is 0 Å². The molecule has 33 heavy (non-hydrogen) atoms. The van der Waals surface area contributed by atoms with Crippen molar-refractivity contribution in [3.63, 3.8) is 0 Å². The first-order chi connectivity index (χ1) is 15.7. The molecule has 1 aliphatic heterocycles. The predicted molar refractivity (Wildman–Crippen MR) is 119 cm³/mol. The van der Waals surface area contributed by atoms with Crippen LogP contribution >= 0.6 is 11.8 Å². The highest BCUT2D eigenvalue weighted by molar-refractivity contribution is 8.12. The Hall–Kier alpha value is -2.63. The van der Waals surface area contributed by atoms with Crippen LogP contribution < -0.4 is 5.32 Å². The maximum absolute atomic E-state index is 12.8. The van der Waals surface area contributed by atoms with Crippen molar-refractivity contribution in [3.8, 4) is 0 Å². The molecule has 182 valence electrons. The Balaban J connectivity index is 2.40. The molecule has 10 nitrogen and oxygen atoms in total. The zero-order valence-corrected chi connectivity index (χ0v) is 20.0. The third-order valence-electron chi connectivity index (χ3n) is 5.11. The van der Waals surface area contributed by atoms with Crippen LogP contribution in [-0.2, 0) is 33.3 Å². The first-order valence-electron chi connectivity index (χ1n) is 10.2. The molecule has 1 aromatic carbocycles. The summed E-state index contributed by atoms with van der Waals surface area (Å²) in [6.45, 7) is 2.96. The maximum atomic E-state index is 12.8. The highest BCUT2D eigenvalue weighted by Crippen LogP contribution is 2.35. The van der Waals surface area contributed by atoms with E-state index >= 15 is 0 Å². The van der Waals surface area contributed by atoms with Crippen molar-refractivity contribution in [2.24, 2.45) is 0 Å². The van der Waals surface area contributed by atoms with Crippen LogP contribution in [0.5, 0.6) is 0 Å². The molecule has 1 aliphatic rings. The second-order valence-corrected chi connectivity index (χ2v) is 8.21. The first kappa shape index (κ1) is 26.6. The van der Waals surface area contributed by atoms with Gasteiger partial charge in [-0.2, -0.15) is 0 Å². The molecule has 0 aromatic heterocycles. The van der Waals surface area contributed by atoms with Crippen molar-refractivity contribution in [1.29, 1.82) is 0 Å². The fourth-order valence-corrected chi connectivity index (χ4v) is 3.86. The van der Waals surface area contributed by atoms with Crippen LogP contribution in [0.15, 0.2) is 30.3 Å². The molecule has 11 heteroatoms. The Morgan fingerprint density at radius 1 is 1.21 bits per heavy atom. The number of methoxy groups -OCH3 is 2. The van der Waals surface area contributed by atoms with Crippen molar-refractivity contribution < 1.29 is 42.9 Å². The van der Waals surface area contributed by atoms with E-state index < -0.39 is 53.3 Å². The Morgan fingerprint density at radius 2 is 1.88 bits per heavy atom. The summed E-state index contributed by atoms with van der Waals surface area (Å²) >= 11 is 0.906. The lowest BCUT2D eigenvalue weighted by atomic mass is 9.89. The van der Waals surface area contributed by atoms with Crippen molar-refractivity contribution in [2.45, 2.75) is 56.8 Å². The standard InChI is InChI=1S/C22H29NO9S/c1-13(30-21(27)33-5)11-16-18(23-14(2)24)17(12-22(29-4,32-16)20(26)28-3)31-19(25)15-9-7-6-8-10-15/h6-10,13,16-18H,11-12H2,1-5H3,(H,23,24)/t13-,16+,17+,18+,22+/m1/s1. The molecular formula is C22H29NO9S. The van der Waals surface area contributed by atoms with E-state index in [1.54, 1.807) is 43.5 Å². The minimum atomic E-state index is -1.89. The topological polar surface area (TPSA) is 126 Å². The third kappa shape index (κ3) is 6.92. The first-order valence-corrected chi connectivity index (χ1v) is 11.5. The van der Waals surface area contributed by atoms with E-state index in [4.69, 9.17) is 23.7 Å². The fourth-order valence-electron chi connectivity index (χ4n) is 3.60. The minimum Gasteiger partial charge on any atom is -0.465 e. The molecule has 1 saturated heterocycles. The number of hydrogen-bond donors (Lipinski definition) is 1. The smallest absolute Gasteiger partial charge is 0.367 e. The molecule has 0 aliphatic carbocycles. The number of esters is 2. The Morgan fingerprint density at radius 3 is 2.42 bits per heavy atom. The van der Waals surface area contributed by atoms with Crippen molar-refractivity contribution in [3.05, 3.63) is 35.9 Å². The van der Waals surface area contributed by atoms with Gasteiger partial charge in [-0.25, -0.2) is 14.4 Å². The lowest BCUT2D eigenvalue weighted by Gasteiger charge is -2.46. The van der Waals surface area contributed by atoms with Crippen LogP contribution in [0.4, 0.5) is 4.79 Å². The summed E-state index contributed by atoms with van der Waals surface area (Å²) in [5.74, 6) is -3.76. The summed E-state index contributed by atoms with van der Waals surface area (Å²) in [7, 11) is 2.44. The Kier molecular flexibility index (Phi) is 9.69. The zero-order valence-electron chi connectivity index (χ0n) is 19.2. The van der Waals surface area contributed by atoms with Gasteiger partial charge in [0.15, 0.2) is 0 Å². The van der Waals surface area contributed by atoms with E-state index in [0.717, 1.165) is 11.8 Å². The summed E-state index contributed by atoms with van der Waals surface area (Å²) < 4.78 is 27.3. The average molecular weight is 484 g/mol. The number of benzene rings is 1. The van der Waals surface area contributed by atoms with E-state index in [2.05, 4.69) is 5.32 Å². The van der Waals surface area contributed by atoms with Crippen molar-refractivity contribution in [2.75, 3.05) is 20.5 Å². The highest BCUT2D eigenvalue weighted by Gasteiger charge is 2.55. The van der Waals surface area contributed by atoms with Gasteiger partial charge < -0.3 is 29.0 Å². The SMILES string of the molecule is COC(=O)[C@]1(OC)C[C@H](OC(=O)c2ccccc2)[C@@H](NC(C)=O)[C@H](C[C@@H](C)OC(=O)SC)O1. The molecule has 1 amide bonds. The molecule has 0 spiro atoms. The number of carbonyl (C=O) groups is 4. The zero-order chi connectivity index (χ0) is 24.6.